The zero-order chi connectivity index (χ0) is 18.8. The van der Waals surface area contributed by atoms with E-state index >= 15 is 0 Å². The molecule has 0 spiro atoms. The smallest absolute Gasteiger partial charge is 0.249 e. The normalized spacial score (nSPS) is 10.9. The summed E-state index contributed by atoms with van der Waals surface area (Å²) in [5, 5.41) is 6.87. The Kier molecular flexibility index (Phi) is 4.25. The first kappa shape index (κ1) is 16.7. The van der Waals surface area contributed by atoms with E-state index in [0.29, 0.717) is 22.5 Å². The maximum Gasteiger partial charge on any atom is 0.249 e. The summed E-state index contributed by atoms with van der Waals surface area (Å²) >= 11 is 0. The lowest BCUT2D eigenvalue weighted by molar-refractivity contribution is -0.116. The van der Waals surface area contributed by atoms with Crippen LogP contribution in [-0.4, -0.2) is 37.2 Å². The van der Waals surface area contributed by atoms with Gasteiger partial charge in [0.25, 0.3) is 0 Å². The molecule has 4 aromatic rings. The summed E-state index contributed by atoms with van der Waals surface area (Å²) < 4.78 is 22.5. The van der Waals surface area contributed by atoms with Crippen molar-refractivity contribution >= 4 is 17.5 Å². The van der Waals surface area contributed by atoms with Crippen LogP contribution in [0.15, 0.2) is 55.2 Å². The van der Waals surface area contributed by atoms with Gasteiger partial charge in [0.1, 0.15) is 18.1 Å². The molecule has 1 amide bonds. The molecule has 0 aliphatic carbocycles. The molecule has 27 heavy (non-hydrogen) atoms. The second-order valence-electron chi connectivity index (χ2n) is 5.78. The van der Waals surface area contributed by atoms with Gasteiger partial charge in [0.2, 0.25) is 11.9 Å². The van der Waals surface area contributed by atoms with Crippen molar-refractivity contribution in [2.45, 2.75) is 6.54 Å². The van der Waals surface area contributed by atoms with Gasteiger partial charge in [-0.15, -0.1) is 5.10 Å². The van der Waals surface area contributed by atoms with Crippen molar-refractivity contribution in [3.05, 3.63) is 61.1 Å². The molecule has 9 heteroatoms. The van der Waals surface area contributed by atoms with Gasteiger partial charge in [0, 0.05) is 29.7 Å². The van der Waals surface area contributed by atoms with Crippen LogP contribution < -0.4 is 10.1 Å². The van der Waals surface area contributed by atoms with Crippen molar-refractivity contribution < 1.29 is 13.9 Å². The van der Waals surface area contributed by atoms with Crippen LogP contribution in [0.4, 0.5) is 10.3 Å². The molecule has 3 heterocycles. The predicted molar refractivity (Wildman–Crippen MR) is 95.8 cm³/mol. The van der Waals surface area contributed by atoms with E-state index in [9.17, 15) is 9.18 Å². The summed E-state index contributed by atoms with van der Waals surface area (Å²) in [6.07, 6.45) is 6.47. The number of methoxy groups -OCH3 is 1. The fourth-order valence-electron chi connectivity index (χ4n) is 2.66. The fraction of sp³-hybridized carbons (Fsp3) is 0.111. The topological polar surface area (TPSA) is 86.3 Å². The lowest BCUT2D eigenvalue weighted by Gasteiger charge is -2.06. The van der Waals surface area contributed by atoms with Gasteiger partial charge < -0.3 is 9.30 Å². The lowest BCUT2D eigenvalue weighted by Crippen LogP contribution is -2.18. The average Bonchev–Trinajstić information content (AvgIpc) is 3.30. The minimum atomic E-state index is -0.371. The van der Waals surface area contributed by atoms with Crippen LogP contribution in [-0.2, 0) is 11.3 Å². The molecule has 8 nitrogen and oxygen atoms in total. The SMILES string of the molecule is COc1ccc(F)c(-c2ccc3nc(NC(=O)Cn4ccnc4)nn3c2)c1. The third-order valence-electron chi connectivity index (χ3n) is 3.95. The molecule has 1 N–H and O–H groups in total. The summed E-state index contributed by atoms with van der Waals surface area (Å²) in [5.41, 5.74) is 1.53. The first-order valence-corrected chi connectivity index (χ1v) is 8.08. The number of ether oxygens (including phenoxy) is 1. The molecule has 136 valence electrons. The van der Waals surface area contributed by atoms with Crippen LogP contribution in [0.2, 0.25) is 0 Å². The molecule has 0 radical (unpaired) electrons. The van der Waals surface area contributed by atoms with Crippen molar-refractivity contribution in [2.24, 2.45) is 0 Å². The number of benzene rings is 1. The highest BCUT2D eigenvalue weighted by atomic mass is 19.1. The Balaban J connectivity index is 1.59. The van der Waals surface area contributed by atoms with E-state index in [2.05, 4.69) is 20.4 Å². The summed E-state index contributed by atoms with van der Waals surface area (Å²) in [5.74, 6) is 0.0769. The van der Waals surface area contributed by atoms with Gasteiger partial charge in [-0.05, 0) is 30.3 Å². The minimum absolute atomic E-state index is 0.107. The Bertz CT molecular complexity index is 1110. The third-order valence-corrected chi connectivity index (χ3v) is 3.95. The molecule has 0 bridgehead atoms. The number of nitrogens with one attached hydrogen (secondary N) is 1. The number of hydrogen-bond donors (Lipinski definition) is 1. The molecule has 0 unspecified atom stereocenters. The molecule has 4 rings (SSSR count). The van der Waals surface area contributed by atoms with Crippen molar-refractivity contribution in [1.29, 1.82) is 0 Å². The number of imidazole rings is 1. The molecule has 0 aliphatic heterocycles. The highest BCUT2D eigenvalue weighted by Gasteiger charge is 2.11. The zero-order valence-electron chi connectivity index (χ0n) is 14.3. The van der Waals surface area contributed by atoms with E-state index in [1.807, 2.05) is 0 Å². The number of rotatable bonds is 5. The van der Waals surface area contributed by atoms with Crippen molar-refractivity contribution in [1.82, 2.24) is 24.1 Å². The number of anilines is 1. The van der Waals surface area contributed by atoms with E-state index in [4.69, 9.17) is 4.74 Å². The molecule has 0 saturated carbocycles. The quantitative estimate of drug-likeness (QED) is 0.586. The molecule has 0 fully saturated rings. The summed E-state index contributed by atoms with van der Waals surface area (Å²) in [7, 11) is 1.52. The van der Waals surface area contributed by atoms with Crippen molar-refractivity contribution in [3.63, 3.8) is 0 Å². The highest BCUT2D eigenvalue weighted by Crippen LogP contribution is 2.27. The number of halogens is 1. The number of hydrogen-bond acceptors (Lipinski definition) is 5. The summed E-state index contributed by atoms with van der Waals surface area (Å²) in [4.78, 5) is 20.2. The van der Waals surface area contributed by atoms with E-state index in [0.717, 1.165) is 0 Å². The van der Waals surface area contributed by atoms with Crippen molar-refractivity contribution in [3.8, 4) is 16.9 Å². The molecule has 3 aromatic heterocycles. The first-order chi connectivity index (χ1) is 13.1. The molecular formula is C18H15FN6O2. The number of nitrogens with zero attached hydrogens (tertiary/aromatic N) is 5. The zero-order valence-corrected chi connectivity index (χ0v) is 14.3. The third kappa shape index (κ3) is 3.47. The fourth-order valence-corrected chi connectivity index (χ4v) is 2.66. The van der Waals surface area contributed by atoms with Crippen LogP contribution in [0.5, 0.6) is 5.75 Å². The predicted octanol–water partition coefficient (Wildman–Crippen LogP) is 2.38. The van der Waals surface area contributed by atoms with Crippen LogP contribution in [0, 0.1) is 5.82 Å². The Labute approximate surface area is 153 Å². The number of carbonyl (C=O) groups excluding carboxylic acids is 1. The van der Waals surface area contributed by atoms with Gasteiger partial charge in [-0.25, -0.2) is 13.9 Å². The number of carbonyl (C=O) groups is 1. The number of amides is 1. The van der Waals surface area contributed by atoms with Gasteiger partial charge in [-0.1, -0.05) is 0 Å². The Morgan fingerprint density at radius 3 is 2.96 bits per heavy atom. The van der Waals surface area contributed by atoms with E-state index in [1.165, 1.54) is 17.7 Å². The summed E-state index contributed by atoms with van der Waals surface area (Å²) in [6, 6.07) is 7.95. The average molecular weight is 366 g/mol. The second-order valence-corrected chi connectivity index (χ2v) is 5.78. The van der Waals surface area contributed by atoms with E-state index in [-0.39, 0.29) is 24.2 Å². The van der Waals surface area contributed by atoms with Crippen LogP contribution in [0.3, 0.4) is 0 Å². The van der Waals surface area contributed by atoms with E-state index in [1.54, 1.807) is 53.8 Å². The van der Waals surface area contributed by atoms with Gasteiger partial charge >= 0.3 is 0 Å². The maximum atomic E-state index is 14.2. The Morgan fingerprint density at radius 1 is 1.30 bits per heavy atom. The number of pyridine rings is 1. The molecule has 0 saturated heterocycles. The number of aromatic nitrogens is 5. The van der Waals surface area contributed by atoms with Crippen molar-refractivity contribution in [2.75, 3.05) is 12.4 Å². The maximum absolute atomic E-state index is 14.2. The molecule has 1 aromatic carbocycles. The largest absolute Gasteiger partial charge is 0.497 e. The van der Waals surface area contributed by atoms with E-state index < -0.39 is 0 Å². The van der Waals surface area contributed by atoms with Gasteiger partial charge in [-0.2, -0.15) is 4.98 Å². The molecule has 0 atom stereocenters. The van der Waals surface area contributed by atoms with Crippen LogP contribution in [0.25, 0.3) is 16.8 Å². The highest BCUT2D eigenvalue weighted by molar-refractivity contribution is 5.89. The van der Waals surface area contributed by atoms with Gasteiger partial charge in [0.15, 0.2) is 5.65 Å². The second kappa shape index (κ2) is 6.87. The first-order valence-electron chi connectivity index (χ1n) is 8.08. The lowest BCUT2D eigenvalue weighted by atomic mass is 10.1. The standard InChI is InChI=1S/C18H15FN6O2/c1-27-13-3-4-15(19)14(8-13)12-2-5-16-21-18(23-25(16)9-12)22-17(26)10-24-7-6-20-11-24/h2-9,11H,10H2,1H3,(H,22,23,26). The minimum Gasteiger partial charge on any atom is -0.497 e. The van der Waals surface area contributed by atoms with Gasteiger partial charge in [-0.3, -0.25) is 10.1 Å². The molecular weight excluding hydrogens is 351 g/mol. The van der Waals surface area contributed by atoms with Crippen LogP contribution >= 0.6 is 0 Å². The monoisotopic (exact) mass is 366 g/mol. The van der Waals surface area contributed by atoms with Crippen LogP contribution in [0.1, 0.15) is 0 Å². The summed E-state index contributed by atoms with van der Waals surface area (Å²) in [6.45, 7) is 0.107. The Morgan fingerprint density at radius 2 is 2.19 bits per heavy atom. The van der Waals surface area contributed by atoms with Gasteiger partial charge in [0.05, 0.1) is 13.4 Å². The number of fused-ring (bicyclic) bond motifs is 1. The Hall–Kier alpha value is -3.75. The molecule has 0 aliphatic rings.